The Hall–Kier alpha value is -0.520. The predicted molar refractivity (Wildman–Crippen MR) is 52.0 cm³/mol. The number of nitrogens with two attached hydrogens (primary N) is 1. The van der Waals surface area contributed by atoms with Gasteiger partial charge in [0.15, 0.2) is 0 Å². The van der Waals surface area contributed by atoms with Crippen LogP contribution >= 0.6 is 23.2 Å². The molecule has 0 amide bonds. The van der Waals surface area contributed by atoms with Gasteiger partial charge >= 0.3 is 6.18 Å². The van der Waals surface area contributed by atoms with E-state index < -0.39 is 18.6 Å². The smallest absolute Gasteiger partial charge is 0.320 e. The number of hydrogen-bond donors (Lipinski definition) is 1. The Morgan fingerprint density at radius 2 is 1.73 bits per heavy atom. The summed E-state index contributed by atoms with van der Waals surface area (Å²) in [6.07, 6.45) is -2.46. The Labute approximate surface area is 94.2 Å². The molecule has 0 aliphatic rings. The monoisotopic (exact) mass is 258 g/mol. The van der Waals surface area contributed by atoms with Crippen molar-refractivity contribution in [2.24, 2.45) is 5.73 Å². The molecule has 1 atom stereocenters. The van der Waals surface area contributed by atoms with Gasteiger partial charge in [-0.25, -0.2) is 0 Å². The van der Waals surface area contributed by atoms with Crippen LogP contribution in [0.1, 0.15) is 5.56 Å². The fraction of sp³-hybridized carbons (Fsp3) is 0.375. The molecule has 0 fully saturated rings. The summed E-state index contributed by atoms with van der Waals surface area (Å²) in [6.45, 7) is 0. The van der Waals surface area contributed by atoms with E-state index in [9.17, 15) is 13.2 Å². The quantitative estimate of drug-likeness (QED) is 0.886. The van der Waals surface area contributed by atoms with Crippen LogP contribution in [-0.4, -0.2) is 17.2 Å². The van der Waals surface area contributed by atoms with Gasteiger partial charge in [0, 0.05) is 12.4 Å². The van der Waals surface area contributed by atoms with E-state index >= 15 is 0 Å². The molecule has 0 spiro atoms. The molecule has 0 aliphatic heterocycles. The Morgan fingerprint density at radius 1 is 1.27 bits per heavy atom. The fourth-order valence-corrected chi connectivity index (χ4v) is 1.49. The molecule has 1 aromatic rings. The van der Waals surface area contributed by atoms with Gasteiger partial charge in [-0.2, -0.15) is 13.2 Å². The van der Waals surface area contributed by atoms with Crippen LogP contribution in [0, 0.1) is 0 Å². The molecule has 0 aliphatic carbocycles. The summed E-state index contributed by atoms with van der Waals surface area (Å²) in [5.41, 5.74) is 5.12. The molecule has 7 heteroatoms. The van der Waals surface area contributed by atoms with E-state index in [1.807, 2.05) is 0 Å². The first kappa shape index (κ1) is 12.5. The average Bonchev–Trinajstić information content (AvgIpc) is 2.09. The molecular formula is C8H7Cl2F3N2. The molecule has 1 rings (SSSR count). The van der Waals surface area contributed by atoms with Crippen LogP contribution < -0.4 is 5.73 Å². The van der Waals surface area contributed by atoms with Crippen molar-refractivity contribution in [1.29, 1.82) is 0 Å². The highest BCUT2D eigenvalue weighted by molar-refractivity contribution is 6.35. The number of aromatic nitrogens is 1. The zero-order valence-corrected chi connectivity index (χ0v) is 8.87. The normalized spacial score (nSPS) is 14.0. The third-order valence-corrected chi connectivity index (χ3v) is 2.45. The van der Waals surface area contributed by atoms with Crippen molar-refractivity contribution in [3.63, 3.8) is 0 Å². The lowest BCUT2D eigenvalue weighted by Gasteiger charge is -2.16. The first-order chi connectivity index (χ1) is 6.82. The highest BCUT2D eigenvalue weighted by Gasteiger charge is 2.37. The van der Waals surface area contributed by atoms with Gasteiger partial charge in [0.25, 0.3) is 0 Å². The zero-order chi connectivity index (χ0) is 11.6. The number of halogens is 5. The molecule has 84 valence electrons. The van der Waals surface area contributed by atoms with Crippen LogP contribution in [0.3, 0.4) is 0 Å². The van der Waals surface area contributed by atoms with Crippen molar-refractivity contribution in [2.45, 2.75) is 18.6 Å². The maximum Gasteiger partial charge on any atom is 0.403 e. The molecule has 1 unspecified atom stereocenters. The topological polar surface area (TPSA) is 38.9 Å². The van der Waals surface area contributed by atoms with Crippen LogP contribution in [0.4, 0.5) is 13.2 Å². The van der Waals surface area contributed by atoms with Gasteiger partial charge in [-0.05, 0) is 12.0 Å². The zero-order valence-electron chi connectivity index (χ0n) is 7.35. The number of rotatable bonds is 2. The number of alkyl halides is 3. The highest BCUT2D eigenvalue weighted by Crippen LogP contribution is 2.28. The summed E-state index contributed by atoms with van der Waals surface area (Å²) in [5, 5.41) is 0.171. The van der Waals surface area contributed by atoms with Crippen LogP contribution in [-0.2, 0) is 6.42 Å². The molecule has 1 heterocycles. The Bertz CT molecular complexity index is 334. The van der Waals surface area contributed by atoms with Crippen molar-refractivity contribution < 1.29 is 13.2 Å². The van der Waals surface area contributed by atoms with E-state index in [4.69, 9.17) is 28.9 Å². The molecule has 0 radical (unpaired) electrons. The molecule has 0 bridgehead atoms. The largest absolute Gasteiger partial charge is 0.403 e. The van der Waals surface area contributed by atoms with Crippen LogP contribution in [0.15, 0.2) is 12.4 Å². The minimum absolute atomic E-state index is 0.0854. The summed E-state index contributed by atoms with van der Waals surface area (Å²) < 4.78 is 36.5. The molecule has 0 saturated heterocycles. The van der Waals surface area contributed by atoms with Crippen molar-refractivity contribution in [3.8, 4) is 0 Å². The minimum Gasteiger partial charge on any atom is -0.320 e. The van der Waals surface area contributed by atoms with E-state index in [0.717, 1.165) is 0 Å². The lowest BCUT2D eigenvalue weighted by atomic mass is 10.1. The first-order valence-corrected chi connectivity index (χ1v) is 4.68. The second kappa shape index (κ2) is 4.55. The summed E-state index contributed by atoms with van der Waals surface area (Å²) in [4.78, 5) is 3.63. The van der Waals surface area contributed by atoms with Crippen LogP contribution in [0.25, 0.3) is 0 Å². The molecule has 0 saturated carbocycles. The fourth-order valence-electron chi connectivity index (χ4n) is 0.969. The van der Waals surface area contributed by atoms with Gasteiger partial charge in [0.2, 0.25) is 0 Å². The molecule has 15 heavy (non-hydrogen) atoms. The highest BCUT2D eigenvalue weighted by atomic mass is 35.5. The van der Waals surface area contributed by atoms with Gasteiger partial charge in [-0.3, -0.25) is 4.98 Å². The van der Waals surface area contributed by atoms with E-state index in [1.165, 1.54) is 12.4 Å². The molecule has 1 aromatic heterocycles. The van der Waals surface area contributed by atoms with Gasteiger partial charge in [0.05, 0.1) is 10.0 Å². The number of pyridine rings is 1. The van der Waals surface area contributed by atoms with E-state index in [1.54, 1.807) is 0 Å². The number of hydrogen-bond acceptors (Lipinski definition) is 2. The Balaban J connectivity index is 2.90. The number of nitrogens with zero attached hydrogens (tertiary/aromatic N) is 1. The molecule has 2 N–H and O–H groups in total. The van der Waals surface area contributed by atoms with Gasteiger partial charge in [-0.15, -0.1) is 0 Å². The van der Waals surface area contributed by atoms with E-state index in [2.05, 4.69) is 4.98 Å². The predicted octanol–water partition coefficient (Wildman–Crippen LogP) is 2.82. The molecule has 0 aromatic carbocycles. The Morgan fingerprint density at radius 3 is 2.13 bits per heavy atom. The SMILES string of the molecule is NC(Cc1c(Cl)cncc1Cl)C(F)(F)F. The summed E-state index contributed by atoms with van der Waals surface area (Å²) >= 11 is 11.3. The van der Waals surface area contributed by atoms with Crippen molar-refractivity contribution >= 4 is 23.2 Å². The van der Waals surface area contributed by atoms with Crippen molar-refractivity contribution in [1.82, 2.24) is 4.98 Å². The van der Waals surface area contributed by atoms with Crippen molar-refractivity contribution in [3.05, 3.63) is 28.0 Å². The van der Waals surface area contributed by atoms with Crippen LogP contribution in [0.5, 0.6) is 0 Å². The second-order valence-electron chi connectivity index (χ2n) is 2.93. The summed E-state index contributed by atoms with van der Waals surface area (Å²) in [6, 6.07) is -1.98. The van der Waals surface area contributed by atoms with Crippen LogP contribution in [0.2, 0.25) is 10.0 Å². The van der Waals surface area contributed by atoms with E-state index in [-0.39, 0.29) is 15.6 Å². The third-order valence-electron chi connectivity index (χ3n) is 1.80. The standard InChI is InChI=1S/C8H7Cl2F3N2/c9-5-2-15-3-6(10)4(5)1-7(14)8(11,12)13/h2-3,7H,1,14H2. The molecular weight excluding hydrogens is 252 g/mol. The second-order valence-corrected chi connectivity index (χ2v) is 3.75. The first-order valence-electron chi connectivity index (χ1n) is 3.92. The minimum atomic E-state index is -4.46. The summed E-state index contributed by atoms with van der Waals surface area (Å²) in [7, 11) is 0. The lowest BCUT2D eigenvalue weighted by Crippen LogP contribution is -2.39. The molecule has 2 nitrogen and oxygen atoms in total. The average molecular weight is 259 g/mol. The van der Waals surface area contributed by atoms with Gasteiger partial charge in [-0.1, -0.05) is 23.2 Å². The van der Waals surface area contributed by atoms with E-state index in [0.29, 0.717) is 0 Å². The van der Waals surface area contributed by atoms with Crippen molar-refractivity contribution in [2.75, 3.05) is 0 Å². The third kappa shape index (κ3) is 3.22. The van der Waals surface area contributed by atoms with Gasteiger partial charge in [0.1, 0.15) is 6.04 Å². The lowest BCUT2D eigenvalue weighted by molar-refractivity contribution is -0.147. The maximum absolute atomic E-state index is 12.2. The maximum atomic E-state index is 12.2. The Kier molecular flexibility index (Phi) is 3.81. The van der Waals surface area contributed by atoms with Gasteiger partial charge < -0.3 is 5.73 Å². The summed E-state index contributed by atoms with van der Waals surface area (Å²) in [5.74, 6) is 0.